The van der Waals surface area contributed by atoms with Crippen molar-refractivity contribution in [3.05, 3.63) is 59.9 Å². The SMILES string of the molecule is CC1CCCN(C(=O)Nc2cccc(C#Cc3ccccn3)c2)C1CO. The lowest BCUT2D eigenvalue weighted by Gasteiger charge is -2.38. The van der Waals surface area contributed by atoms with Crippen molar-refractivity contribution in [3.8, 4) is 11.8 Å². The molecule has 26 heavy (non-hydrogen) atoms. The number of amides is 2. The summed E-state index contributed by atoms with van der Waals surface area (Å²) in [5, 5.41) is 12.6. The molecule has 2 unspecified atom stereocenters. The fraction of sp³-hybridized carbons (Fsp3) is 0.333. The van der Waals surface area contributed by atoms with Crippen LogP contribution in [0.25, 0.3) is 0 Å². The molecule has 1 fully saturated rings. The molecule has 0 spiro atoms. The number of aliphatic hydroxyl groups excluding tert-OH is 1. The first kappa shape index (κ1) is 18.0. The van der Waals surface area contributed by atoms with Gasteiger partial charge in [-0.1, -0.05) is 25.0 Å². The number of aromatic nitrogens is 1. The van der Waals surface area contributed by atoms with Crippen molar-refractivity contribution in [2.45, 2.75) is 25.8 Å². The fourth-order valence-corrected chi connectivity index (χ4v) is 3.22. The van der Waals surface area contributed by atoms with Crippen molar-refractivity contribution >= 4 is 11.7 Å². The van der Waals surface area contributed by atoms with Crippen LogP contribution in [-0.4, -0.2) is 40.2 Å². The molecule has 0 radical (unpaired) electrons. The number of pyridine rings is 1. The Hall–Kier alpha value is -2.84. The van der Waals surface area contributed by atoms with Crippen molar-refractivity contribution in [1.82, 2.24) is 9.88 Å². The van der Waals surface area contributed by atoms with E-state index in [2.05, 4.69) is 29.1 Å². The Kier molecular flexibility index (Phi) is 5.88. The summed E-state index contributed by atoms with van der Waals surface area (Å²) in [7, 11) is 0. The molecule has 0 bridgehead atoms. The number of likely N-dealkylation sites (tertiary alicyclic amines) is 1. The number of anilines is 1. The number of piperidine rings is 1. The third-order valence-electron chi connectivity index (χ3n) is 4.68. The molecule has 0 aliphatic carbocycles. The van der Waals surface area contributed by atoms with Gasteiger partial charge in [0.15, 0.2) is 0 Å². The zero-order valence-corrected chi connectivity index (χ0v) is 14.9. The molecular formula is C21H23N3O2. The highest BCUT2D eigenvalue weighted by atomic mass is 16.3. The van der Waals surface area contributed by atoms with Crippen LogP contribution in [0.3, 0.4) is 0 Å². The van der Waals surface area contributed by atoms with Crippen LogP contribution < -0.4 is 5.32 Å². The van der Waals surface area contributed by atoms with Crippen LogP contribution in [0, 0.1) is 17.8 Å². The van der Waals surface area contributed by atoms with Gasteiger partial charge < -0.3 is 15.3 Å². The molecule has 1 aromatic heterocycles. The number of benzene rings is 1. The molecule has 134 valence electrons. The molecule has 5 heteroatoms. The number of nitrogens with one attached hydrogen (secondary N) is 1. The Bertz CT molecular complexity index is 811. The molecule has 5 nitrogen and oxygen atoms in total. The summed E-state index contributed by atoms with van der Waals surface area (Å²) in [5.41, 5.74) is 2.20. The lowest BCUT2D eigenvalue weighted by Crippen LogP contribution is -2.51. The van der Waals surface area contributed by atoms with Crippen LogP contribution in [0.4, 0.5) is 10.5 Å². The third-order valence-corrected chi connectivity index (χ3v) is 4.68. The van der Waals surface area contributed by atoms with Gasteiger partial charge in [-0.3, -0.25) is 0 Å². The molecule has 2 aromatic rings. The molecule has 1 aromatic carbocycles. The maximum absolute atomic E-state index is 12.6. The van der Waals surface area contributed by atoms with Gasteiger partial charge in [0.05, 0.1) is 12.6 Å². The smallest absolute Gasteiger partial charge is 0.322 e. The maximum Gasteiger partial charge on any atom is 0.322 e. The lowest BCUT2D eigenvalue weighted by atomic mass is 9.91. The minimum atomic E-state index is -0.176. The average molecular weight is 349 g/mol. The quantitative estimate of drug-likeness (QED) is 0.819. The van der Waals surface area contributed by atoms with Crippen LogP contribution in [0.5, 0.6) is 0 Å². The predicted molar refractivity (Wildman–Crippen MR) is 102 cm³/mol. The molecule has 1 saturated heterocycles. The first-order chi connectivity index (χ1) is 12.7. The van der Waals surface area contributed by atoms with E-state index in [1.165, 1.54) is 0 Å². The third kappa shape index (κ3) is 4.41. The predicted octanol–water partition coefficient (Wildman–Crippen LogP) is 3.11. The number of carbonyl (C=O) groups is 1. The summed E-state index contributed by atoms with van der Waals surface area (Å²) in [6.07, 6.45) is 3.70. The molecule has 3 rings (SSSR count). The Morgan fingerprint density at radius 3 is 2.96 bits per heavy atom. The summed E-state index contributed by atoms with van der Waals surface area (Å²) in [4.78, 5) is 18.5. The van der Waals surface area contributed by atoms with Gasteiger partial charge in [0.2, 0.25) is 0 Å². The zero-order chi connectivity index (χ0) is 18.4. The van der Waals surface area contributed by atoms with Crippen LogP contribution in [-0.2, 0) is 0 Å². The van der Waals surface area contributed by atoms with Gasteiger partial charge in [0.1, 0.15) is 5.69 Å². The molecule has 2 atom stereocenters. The molecule has 2 amide bonds. The summed E-state index contributed by atoms with van der Waals surface area (Å²) in [6.45, 7) is 2.74. The normalized spacial score (nSPS) is 19.4. The number of hydrogen-bond acceptors (Lipinski definition) is 3. The Labute approximate surface area is 154 Å². The lowest BCUT2D eigenvalue weighted by molar-refractivity contribution is 0.0811. The van der Waals surface area contributed by atoms with Gasteiger partial charge in [0, 0.05) is 24.0 Å². The van der Waals surface area contributed by atoms with E-state index >= 15 is 0 Å². The molecule has 1 aliphatic heterocycles. The highest BCUT2D eigenvalue weighted by molar-refractivity contribution is 5.89. The van der Waals surface area contributed by atoms with E-state index in [0.717, 1.165) is 18.4 Å². The number of urea groups is 1. The number of carbonyl (C=O) groups excluding carboxylic acids is 1. The monoisotopic (exact) mass is 349 g/mol. The van der Waals surface area contributed by atoms with Crippen molar-refractivity contribution < 1.29 is 9.90 Å². The summed E-state index contributed by atoms with van der Waals surface area (Å²) in [6, 6.07) is 12.7. The second-order valence-electron chi connectivity index (χ2n) is 6.54. The van der Waals surface area contributed by atoms with E-state index in [-0.39, 0.29) is 18.7 Å². The minimum Gasteiger partial charge on any atom is -0.394 e. The number of rotatable bonds is 2. The molecule has 2 heterocycles. The molecule has 2 N–H and O–H groups in total. The van der Waals surface area contributed by atoms with E-state index < -0.39 is 0 Å². The average Bonchev–Trinajstić information content (AvgIpc) is 2.67. The van der Waals surface area contributed by atoms with Crippen molar-refractivity contribution in [3.63, 3.8) is 0 Å². The Morgan fingerprint density at radius 1 is 1.31 bits per heavy atom. The first-order valence-electron chi connectivity index (χ1n) is 8.89. The van der Waals surface area contributed by atoms with E-state index in [0.29, 0.717) is 23.8 Å². The summed E-state index contributed by atoms with van der Waals surface area (Å²) in [5.74, 6) is 6.37. The van der Waals surface area contributed by atoms with Crippen molar-refractivity contribution in [2.24, 2.45) is 5.92 Å². The minimum absolute atomic E-state index is 0.00974. The highest BCUT2D eigenvalue weighted by Crippen LogP contribution is 2.24. The van der Waals surface area contributed by atoms with Crippen LogP contribution in [0.1, 0.15) is 31.0 Å². The second-order valence-corrected chi connectivity index (χ2v) is 6.54. The van der Waals surface area contributed by atoms with Gasteiger partial charge in [0.25, 0.3) is 0 Å². The van der Waals surface area contributed by atoms with Gasteiger partial charge >= 0.3 is 6.03 Å². The van der Waals surface area contributed by atoms with Gasteiger partial charge in [-0.05, 0) is 55.0 Å². The summed E-state index contributed by atoms with van der Waals surface area (Å²) >= 11 is 0. The van der Waals surface area contributed by atoms with Crippen LogP contribution in [0.15, 0.2) is 48.7 Å². The first-order valence-corrected chi connectivity index (χ1v) is 8.89. The van der Waals surface area contributed by atoms with E-state index in [1.807, 2.05) is 42.5 Å². The second kappa shape index (κ2) is 8.50. The maximum atomic E-state index is 12.6. The van der Waals surface area contributed by atoms with Crippen molar-refractivity contribution in [1.29, 1.82) is 0 Å². The van der Waals surface area contributed by atoms with Crippen LogP contribution in [0.2, 0.25) is 0 Å². The zero-order valence-electron chi connectivity index (χ0n) is 14.9. The van der Waals surface area contributed by atoms with Gasteiger partial charge in [-0.15, -0.1) is 0 Å². The van der Waals surface area contributed by atoms with E-state index in [1.54, 1.807) is 11.1 Å². The Morgan fingerprint density at radius 2 is 2.19 bits per heavy atom. The molecule has 1 aliphatic rings. The van der Waals surface area contributed by atoms with Crippen molar-refractivity contribution in [2.75, 3.05) is 18.5 Å². The largest absolute Gasteiger partial charge is 0.394 e. The van der Waals surface area contributed by atoms with Crippen LogP contribution >= 0.6 is 0 Å². The van der Waals surface area contributed by atoms with E-state index in [4.69, 9.17) is 0 Å². The number of aliphatic hydroxyl groups is 1. The summed E-state index contributed by atoms with van der Waals surface area (Å²) < 4.78 is 0. The van der Waals surface area contributed by atoms with Gasteiger partial charge in [-0.2, -0.15) is 0 Å². The number of nitrogens with zero attached hydrogens (tertiary/aromatic N) is 2. The molecule has 0 saturated carbocycles. The highest BCUT2D eigenvalue weighted by Gasteiger charge is 2.31. The topological polar surface area (TPSA) is 65.5 Å². The molecular weight excluding hydrogens is 326 g/mol. The Balaban J connectivity index is 1.70. The number of hydrogen-bond donors (Lipinski definition) is 2. The standard InChI is InChI=1S/C21H23N3O2/c1-16-6-5-13-24(20(16)15-25)21(26)23-19-9-4-7-17(14-19)10-11-18-8-2-3-12-22-18/h2-4,7-9,12,14,16,20,25H,5-6,13,15H2,1H3,(H,23,26). The van der Waals surface area contributed by atoms with Gasteiger partial charge in [-0.25, -0.2) is 9.78 Å². The fourth-order valence-electron chi connectivity index (χ4n) is 3.22. The van der Waals surface area contributed by atoms with E-state index in [9.17, 15) is 9.90 Å².